The van der Waals surface area contributed by atoms with Gasteiger partial charge in [-0.25, -0.2) is 4.39 Å². The number of halogens is 1. The average Bonchev–Trinajstić information content (AvgIpc) is 2.81. The molecule has 0 bridgehead atoms. The molecule has 0 spiro atoms. The van der Waals surface area contributed by atoms with Crippen molar-refractivity contribution in [1.82, 2.24) is 5.32 Å². The van der Waals surface area contributed by atoms with Gasteiger partial charge in [-0.05, 0) is 54.3 Å². The fourth-order valence-electron chi connectivity index (χ4n) is 3.67. The van der Waals surface area contributed by atoms with Gasteiger partial charge in [-0.2, -0.15) is 0 Å². The Labute approximate surface area is 186 Å². The van der Waals surface area contributed by atoms with Crippen molar-refractivity contribution in [2.45, 2.75) is 24.9 Å². The van der Waals surface area contributed by atoms with Crippen molar-refractivity contribution in [3.63, 3.8) is 0 Å². The minimum absolute atomic E-state index is 0.0625. The van der Waals surface area contributed by atoms with Crippen molar-refractivity contribution in [1.29, 1.82) is 0 Å². The molecule has 0 radical (unpaired) electrons. The number of nitrogens with two attached hydrogens (primary N) is 1. The van der Waals surface area contributed by atoms with E-state index in [1.807, 2.05) is 36.4 Å². The standard InChI is InChI=1S/C25H27FN2O4/c1-31-22-13-9-16(14-23(22)32-2)8-11-20(19-15-18(26)10-12-21(19)29)28-24(25(27)30)17-6-4-3-5-7-17/h3-7,9-10,12-15,20,24,28-29H,8,11H2,1-2H3,(H2,27,30). The van der Waals surface area contributed by atoms with E-state index in [0.29, 0.717) is 35.5 Å². The van der Waals surface area contributed by atoms with Crippen LogP contribution in [0.25, 0.3) is 0 Å². The molecule has 4 N–H and O–H groups in total. The lowest BCUT2D eigenvalue weighted by atomic mass is 9.95. The minimum atomic E-state index is -0.811. The first-order chi connectivity index (χ1) is 15.4. The van der Waals surface area contributed by atoms with Gasteiger partial charge in [0.25, 0.3) is 0 Å². The summed E-state index contributed by atoms with van der Waals surface area (Å²) in [5.41, 5.74) is 7.67. The first-order valence-corrected chi connectivity index (χ1v) is 10.2. The summed E-state index contributed by atoms with van der Waals surface area (Å²) < 4.78 is 24.7. The second-order valence-corrected chi connectivity index (χ2v) is 7.40. The molecule has 0 aliphatic carbocycles. The molecule has 0 saturated heterocycles. The van der Waals surface area contributed by atoms with Gasteiger partial charge in [-0.1, -0.05) is 36.4 Å². The zero-order valence-corrected chi connectivity index (χ0v) is 18.0. The predicted molar refractivity (Wildman–Crippen MR) is 120 cm³/mol. The maximum atomic E-state index is 14.0. The van der Waals surface area contributed by atoms with Gasteiger partial charge >= 0.3 is 0 Å². The van der Waals surface area contributed by atoms with Gasteiger partial charge in [0.1, 0.15) is 17.6 Å². The molecule has 0 aliphatic rings. The van der Waals surface area contributed by atoms with Crippen LogP contribution in [-0.4, -0.2) is 25.2 Å². The Hall–Kier alpha value is -3.58. The zero-order chi connectivity index (χ0) is 23.1. The number of phenols is 1. The number of primary amides is 1. The number of phenolic OH excluding ortho intramolecular Hbond substituents is 1. The Bertz CT molecular complexity index is 1060. The topological polar surface area (TPSA) is 93.8 Å². The summed E-state index contributed by atoms with van der Waals surface area (Å²) in [6.45, 7) is 0. The number of amides is 1. The normalized spacial score (nSPS) is 12.7. The molecule has 3 aromatic rings. The largest absolute Gasteiger partial charge is 0.508 e. The summed E-state index contributed by atoms with van der Waals surface area (Å²) in [7, 11) is 3.13. The number of rotatable bonds is 10. The average molecular weight is 438 g/mol. The lowest BCUT2D eigenvalue weighted by Gasteiger charge is -2.25. The third-order valence-electron chi connectivity index (χ3n) is 5.32. The Morgan fingerprint density at radius 1 is 1.03 bits per heavy atom. The predicted octanol–water partition coefficient (Wildman–Crippen LogP) is 4.04. The van der Waals surface area contributed by atoms with Crippen LogP contribution in [-0.2, 0) is 11.2 Å². The van der Waals surface area contributed by atoms with Gasteiger partial charge in [-0.3, -0.25) is 10.1 Å². The molecule has 3 rings (SSSR count). The highest BCUT2D eigenvalue weighted by Crippen LogP contribution is 2.33. The summed E-state index contributed by atoms with van der Waals surface area (Å²) >= 11 is 0. The summed E-state index contributed by atoms with van der Waals surface area (Å²) in [5.74, 6) is 0.107. The van der Waals surface area contributed by atoms with Crippen LogP contribution in [0.3, 0.4) is 0 Å². The van der Waals surface area contributed by atoms with Crippen molar-refractivity contribution in [3.05, 3.63) is 89.2 Å². The second-order valence-electron chi connectivity index (χ2n) is 7.40. The highest BCUT2D eigenvalue weighted by Gasteiger charge is 2.25. The first-order valence-electron chi connectivity index (χ1n) is 10.2. The van der Waals surface area contributed by atoms with E-state index in [2.05, 4.69) is 5.32 Å². The third-order valence-corrected chi connectivity index (χ3v) is 5.32. The molecule has 0 aromatic heterocycles. The Morgan fingerprint density at radius 2 is 1.75 bits per heavy atom. The van der Waals surface area contributed by atoms with Crippen LogP contribution in [0.4, 0.5) is 4.39 Å². The fourth-order valence-corrected chi connectivity index (χ4v) is 3.67. The number of methoxy groups -OCH3 is 2. The molecule has 0 saturated carbocycles. The Kier molecular flexibility index (Phi) is 7.68. The Morgan fingerprint density at radius 3 is 2.41 bits per heavy atom. The molecule has 0 heterocycles. The van der Waals surface area contributed by atoms with Crippen LogP contribution in [0.1, 0.15) is 35.2 Å². The van der Waals surface area contributed by atoms with E-state index in [9.17, 15) is 14.3 Å². The molecule has 0 aliphatic heterocycles. The number of carbonyl (C=O) groups excluding carboxylic acids is 1. The van der Waals surface area contributed by atoms with E-state index in [-0.39, 0.29) is 5.75 Å². The Balaban J connectivity index is 1.91. The number of hydrogen-bond acceptors (Lipinski definition) is 5. The van der Waals surface area contributed by atoms with Gasteiger partial charge in [0.2, 0.25) is 5.91 Å². The molecule has 2 unspecified atom stereocenters. The molecule has 1 amide bonds. The lowest BCUT2D eigenvalue weighted by Crippen LogP contribution is -2.36. The highest BCUT2D eigenvalue weighted by molar-refractivity contribution is 5.81. The third kappa shape index (κ3) is 5.56. The van der Waals surface area contributed by atoms with E-state index < -0.39 is 23.8 Å². The van der Waals surface area contributed by atoms with Crippen molar-refractivity contribution in [2.75, 3.05) is 14.2 Å². The van der Waals surface area contributed by atoms with Gasteiger partial charge in [0.15, 0.2) is 11.5 Å². The first kappa shape index (κ1) is 23.1. The van der Waals surface area contributed by atoms with E-state index in [4.69, 9.17) is 15.2 Å². The molecule has 6 nitrogen and oxygen atoms in total. The number of ether oxygens (including phenoxy) is 2. The molecule has 168 valence electrons. The number of hydrogen-bond donors (Lipinski definition) is 3. The van der Waals surface area contributed by atoms with E-state index in [0.717, 1.165) is 5.56 Å². The van der Waals surface area contributed by atoms with Crippen molar-refractivity contribution < 1.29 is 23.8 Å². The molecular weight excluding hydrogens is 411 g/mol. The molecule has 0 fully saturated rings. The van der Waals surface area contributed by atoms with Crippen LogP contribution in [0.5, 0.6) is 17.2 Å². The fraction of sp³-hybridized carbons (Fsp3) is 0.240. The van der Waals surface area contributed by atoms with Crippen LogP contribution >= 0.6 is 0 Å². The summed E-state index contributed by atoms with van der Waals surface area (Å²) in [6, 6.07) is 17.0. The van der Waals surface area contributed by atoms with Gasteiger partial charge in [0, 0.05) is 11.6 Å². The van der Waals surface area contributed by atoms with Gasteiger partial charge in [-0.15, -0.1) is 0 Å². The molecule has 7 heteroatoms. The van der Waals surface area contributed by atoms with Crippen LogP contribution in [0, 0.1) is 5.82 Å². The monoisotopic (exact) mass is 438 g/mol. The van der Waals surface area contributed by atoms with Gasteiger partial charge in [0.05, 0.1) is 14.2 Å². The lowest BCUT2D eigenvalue weighted by molar-refractivity contribution is -0.120. The SMILES string of the molecule is COc1ccc(CCC(NC(C(N)=O)c2ccccc2)c2cc(F)ccc2O)cc1OC. The number of aryl methyl sites for hydroxylation is 1. The second kappa shape index (κ2) is 10.6. The summed E-state index contributed by atoms with van der Waals surface area (Å²) in [6.07, 6.45) is 1.03. The summed E-state index contributed by atoms with van der Waals surface area (Å²) in [5, 5.41) is 13.6. The number of benzene rings is 3. The maximum Gasteiger partial charge on any atom is 0.239 e. The van der Waals surface area contributed by atoms with Crippen LogP contribution < -0.4 is 20.5 Å². The molecule has 32 heavy (non-hydrogen) atoms. The van der Waals surface area contributed by atoms with Crippen molar-refractivity contribution >= 4 is 5.91 Å². The number of aromatic hydroxyl groups is 1. The number of nitrogens with one attached hydrogen (secondary N) is 1. The molecule has 2 atom stereocenters. The van der Waals surface area contributed by atoms with E-state index in [1.54, 1.807) is 26.4 Å². The zero-order valence-electron chi connectivity index (χ0n) is 18.0. The van der Waals surface area contributed by atoms with Crippen LogP contribution in [0.15, 0.2) is 66.7 Å². The maximum absolute atomic E-state index is 14.0. The van der Waals surface area contributed by atoms with Crippen molar-refractivity contribution in [3.8, 4) is 17.2 Å². The minimum Gasteiger partial charge on any atom is -0.508 e. The molecular formula is C25H27FN2O4. The van der Waals surface area contributed by atoms with E-state index in [1.165, 1.54) is 18.2 Å². The molecule has 3 aromatic carbocycles. The van der Waals surface area contributed by atoms with Gasteiger partial charge < -0.3 is 20.3 Å². The van der Waals surface area contributed by atoms with E-state index >= 15 is 0 Å². The highest BCUT2D eigenvalue weighted by atomic mass is 19.1. The quantitative estimate of drug-likeness (QED) is 0.444. The summed E-state index contributed by atoms with van der Waals surface area (Å²) in [4.78, 5) is 12.2. The van der Waals surface area contributed by atoms with Crippen molar-refractivity contribution in [2.24, 2.45) is 5.73 Å². The number of carbonyl (C=O) groups is 1. The van der Waals surface area contributed by atoms with Crippen LogP contribution in [0.2, 0.25) is 0 Å². The smallest absolute Gasteiger partial charge is 0.239 e.